The molecule has 0 bridgehead atoms. The highest BCUT2D eigenvalue weighted by Crippen LogP contribution is 2.40. The van der Waals surface area contributed by atoms with Crippen molar-refractivity contribution in [2.45, 2.75) is 95.8 Å². The van der Waals surface area contributed by atoms with E-state index < -0.39 is 0 Å². The lowest BCUT2D eigenvalue weighted by atomic mass is 9.74. The van der Waals surface area contributed by atoms with Gasteiger partial charge in [-0.3, -0.25) is 4.39 Å². The molecule has 1 aromatic rings. The Morgan fingerprint density at radius 1 is 0.800 bits per heavy atom. The number of alkyl halides is 1. The van der Waals surface area contributed by atoms with Crippen LogP contribution in [0.3, 0.4) is 0 Å². The molecule has 0 aromatic heterocycles. The first-order valence-corrected chi connectivity index (χ1v) is 12.5. The molecular formula is C28H40FN. The predicted octanol–water partition coefficient (Wildman–Crippen LogP) is 8.50. The van der Waals surface area contributed by atoms with Crippen LogP contribution in [0, 0.1) is 29.1 Å². The minimum Gasteiger partial charge on any atom is -0.251 e. The Hall–Kier alpha value is -1.62. The smallest absolute Gasteiger partial charge is 0.0991 e. The van der Waals surface area contributed by atoms with E-state index in [0.717, 1.165) is 36.2 Å². The SMILES string of the molecule is N#Cc1ccc([C@H]2CC[C@H](CC[C@H]3CC[C@H](CC=CCCCCF)CC3)CC2)cc1. The van der Waals surface area contributed by atoms with Crippen molar-refractivity contribution in [2.75, 3.05) is 6.67 Å². The van der Waals surface area contributed by atoms with Crippen molar-refractivity contribution in [1.82, 2.24) is 0 Å². The first kappa shape index (κ1) is 23.1. The van der Waals surface area contributed by atoms with Crippen LogP contribution in [-0.2, 0) is 0 Å². The van der Waals surface area contributed by atoms with E-state index in [1.807, 2.05) is 12.1 Å². The third-order valence-corrected chi connectivity index (χ3v) is 7.70. The molecule has 0 atom stereocenters. The molecule has 3 rings (SSSR count). The lowest BCUT2D eigenvalue weighted by Gasteiger charge is -2.32. The fourth-order valence-electron chi connectivity index (χ4n) is 5.60. The fourth-order valence-corrected chi connectivity index (χ4v) is 5.60. The molecule has 1 aromatic carbocycles. The van der Waals surface area contributed by atoms with E-state index in [2.05, 4.69) is 30.4 Å². The second-order valence-corrected chi connectivity index (χ2v) is 9.81. The lowest BCUT2D eigenvalue weighted by Crippen LogP contribution is -2.17. The molecule has 0 aliphatic heterocycles. The van der Waals surface area contributed by atoms with Gasteiger partial charge in [-0.15, -0.1) is 0 Å². The minimum atomic E-state index is -0.170. The van der Waals surface area contributed by atoms with E-state index in [9.17, 15) is 4.39 Å². The molecule has 0 N–H and O–H groups in total. The van der Waals surface area contributed by atoms with Crippen LogP contribution in [0.1, 0.15) is 107 Å². The second-order valence-electron chi connectivity index (χ2n) is 9.81. The van der Waals surface area contributed by atoms with Crippen LogP contribution in [0.4, 0.5) is 4.39 Å². The van der Waals surface area contributed by atoms with Crippen molar-refractivity contribution in [1.29, 1.82) is 5.26 Å². The topological polar surface area (TPSA) is 23.8 Å². The number of allylic oxidation sites excluding steroid dienone is 2. The van der Waals surface area contributed by atoms with Crippen molar-refractivity contribution in [3.8, 4) is 6.07 Å². The van der Waals surface area contributed by atoms with E-state index in [4.69, 9.17) is 5.26 Å². The number of nitriles is 1. The van der Waals surface area contributed by atoms with Gasteiger partial charge in [-0.05, 0) is 106 Å². The van der Waals surface area contributed by atoms with Crippen LogP contribution in [0.5, 0.6) is 0 Å². The first-order valence-electron chi connectivity index (χ1n) is 12.5. The highest BCUT2D eigenvalue weighted by atomic mass is 19.1. The summed E-state index contributed by atoms with van der Waals surface area (Å²) < 4.78 is 12.1. The largest absolute Gasteiger partial charge is 0.251 e. The number of rotatable bonds is 10. The monoisotopic (exact) mass is 409 g/mol. The molecular weight excluding hydrogens is 369 g/mol. The Labute approximate surface area is 183 Å². The number of benzene rings is 1. The second kappa shape index (κ2) is 12.9. The number of hydrogen-bond acceptors (Lipinski definition) is 1. The summed E-state index contributed by atoms with van der Waals surface area (Å²) >= 11 is 0. The molecule has 0 unspecified atom stereocenters. The minimum absolute atomic E-state index is 0.170. The van der Waals surface area contributed by atoms with Crippen LogP contribution in [-0.4, -0.2) is 6.67 Å². The summed E-state index contributed by atoms with van der Waals surface area (Å²) in [5, 5.41) is 8.97. The van der Waals surface area contributed by atoms with Crippen LogP contribution >= 0.6 is 0 Å². The van der Waals surface area contributed by atoms with E-state index >= 15 is 0 Å². The molecule has 2 aliphatic carbocycles. The first-order chi connectivity index (χ1) is 14.8. The van der Waals surface area contributed by atoms with Crippen LogP contribution in [0.15, 0.2) is 36.4 Å². The third-order valence-electron chi connectivity index (χ3n) is 7.70. The highest BCUT2D eigenvalue weighted by Gasteiger charge is 2.25. The summed E-state index contributed by atoms with van der Waals surface area (Å²) in [6.07, 6.45) is 22.6. The average Bonchev–Trinajstić information content (AvgIpc) is 2.81. The predicted molar refractivity (Wildman–Crippen MR) is 124 cm³/mol. The van der Waals surface area contributed by atoms with Crippen molar-refractivity contribution in [3.63, 3.8) is 0 Å². The normalized spacial score (nSPS) is 27.2. The number of unbranched alkanes of at least 4 members (excludes halogenated alkanes) is 2. The lowest BCUT2D eigenvalue weighted by molar-refractivity contribution is 0.231. The molecule has 1 nitrogen and oxygen atoms in total. The summed E-state index contributed by atoms with van der Waals surface area (Å²) in [5.41, 5.74) is 2.20. The van der Waals surface area contributed by atoms with Gasteiger partial charge in [0.05, 0.1) is 18.3 Å². The van der Waals surface area contributed by atoms with E-state index in [1.165, 1.54) is 76.2 Å². The number of halogens is 1. The van der Waals surface area contributed by atoms with Crippen molar-refractivity contribution in [3.05, 3.63) is 47.5 Å². The van der Waals surface area contributed by atoms with Gasteiger partial charge >= 0.3 is 0 Å². The molecule has 0 amide bonds. The van der Waals surface area contributed by atoms with Gasteiger partial charge in [0, 0.05) is 0 Å². The zero-order valence-electron chi connectivity index (χ0n) is 18.7. The maximum absolute atomic E-state index is 12.1. The van der Waals surface area contributed by atoms with Gasteiger partial charge < -0.3 is 0 Å². The van der Waals surface area contributed by atoms with Gasteiger partial charge in [0.1, 0.15) is 0 Å². The van der Waals surface area contributed by atoms with Gasteiger partial charge in [0.25, 0.3) is 0 Å². The summed E-state index contributed by atoms with van der Waals surface area (Å²) in [5.74, 6) is 3.49. The zero-order valence-corrected chi connectivity index (χ0v) is 18.7. The summed E-state index contributed by atoms with van der Waals surface area (Å²) in [6, 6.07) is 10.5. The van der Waals surface area contributed by atoms with E-state index in [-0.39, 0.29) is 6.67 Å². The molecule has 2 saturated carbocycles. The maximum Gasteiger partial charge on any atom is 0.0991 e. The van der Waals surface area contributed by atoms with Gasteiger partial charge in [-0.2, -0.15) is 5.26 Å². The molecule has 0 heterocycles. The molecule has 2 fully saturated rings. The summed E-state index contributed by atoms with van der Waals surface area (Å²) in [6.45, 7) is -0.170. The molecule has 30 heavy (non-hydrogen) atoms. The van der Waals surface area contributed by atoms with Crippen molar-refractivity contribution >= 4 is 0 Å². The van der Waals surface area contributed by atoms with Gasteiger partial charge in [0.2, 0.25) is 0 Å². The van der Waals surface area contributed by atoms with Gasteiger partial charge in [-0.25, -0.2) is 0 Å². The fraction of sp³-hybridized carbons (Fsp3) is 0.679. The van der Waals surface area contributed by atoms with Gasteiger partial charge in [0.15, 0.2) is 0 Å². The Morgan fingerprint density at radius 3 is 2.00 bits per heavy atom. The Kier molecular flexibility index (Phi) is 9.94. The Balaban J connectivity index is 1.27. The highest BCUT2D eigenvalue weighted by molar-refractivity contribution is 5.33. The maximum atomic E-state index is 12.1. The summed E-state index contributed by atoms with van der Waals surface area (Å²) in [4.78, 5) is 0. The molecule has 0 radical (unpaired) electrons. The molecule has 0 spiro atoms. The van der Waals surface area contributed by atoms with Crippen molar-refractivity contribution < 1.29 is 4.39 Å². The number of nitrogens with zero attached hydrogens (tertiary/aromatic N) is 1. The summed E-state index contributed by atoms with van der Waals surface area (Å²) in [7, 11) is 0. The Bertz CT molecular complexity index is 655. The van der Waals surface area contributed by atoms with Crippen LogP contribution in [0.2, 0.25) is 0 Å². The number of hydrogen-bond donors (Lipinski definition) is 0. The van der Waals surface area contributed by atoms with Crippen LogP contribution in [0.25, 0.3) is 0 Å². The Morgan fingerprint density at radius 2 is 1.40 bits per heavy atom. The van der Waals surface area contributed by atoms with Crippen LogP contribution < -0.4 is 0 Å². The van der Waals surface area contributed by atoms with Crippen molar-refractivity contribution in [2.24, 2.45) is 17.8 Å². The molecule has 2 heteroatoms. The molecule has 0 saturated heterocycles. The third kappa shape index (κ3) is 7.57. The molecule has 2 aliphatic rings. The van der Waals surface area contributed by atoms with E-state index in [0.29, 0.717) is 12.3 Å². The standard InChI is InChI=1S/C28H40FN/c29-21-5-3-1-2-4-6-23-7-9-24(10-8-23)11-12-25-13-17-27(18-14-25)28-19-15-26(22-30)16-20-28/h2,4,15-16,19-20,23-25,27H,1,3,5-14,17-18,21H2/t23-,24-,25-,27-. The van der Waals surface area contributed by atoms with Gasteiger partial charge in [-0.1, -0.05) is 50.0 Å². The zero-order chi connectivity index (χ0) is 21.0. The quantitative estimate of drug-likeness (QED) is 0.281. The molecule has 164 valence electrons. The van der Waals surface area contributed by atoms with E-state index in [1.54, 1.807) is 0 Å². The average molecular weight is 410 g/mol.